The molecule has 0 bridgehead atoms. The van der Waals surface area contributed by atoms with Crippen molar-refractivity contribution in [2.24, 2.45) is 0 Å². The molecule has 2 nitrogen and oxygen atoms in total. The molecular formula is C11H18N2. The summed E-state index contributed by atoms with van der Waals surface area (Å²) in [5, 5.41) is 3.30. The molecule has 0 saturated carbocycles. The fraction of sp³-hybridized carbons (Fsp3) is 0.545. The van der Waals surface area contributed by atoms with Crippen molar-refractivity contribution in [3.8, 4) is 0 Å². The summed E-state index contributed by atoms with van der Waals surface area (Å²) in [5.74, 6) is 0. The molecule has 0 aromatic carbocycles. The highest BCUT2D eigenvalue weighted by Crippen LogP contribution is 2.14. The first-order valence-electron chi connectivity index (χ1n) is 4.63. The normalized spacial score (nSPS) is 11.7. The third-order valence-corrected chi connectivity index (χ3v) is 2.45. The predicted molar refractivity (Wildman–Crippen MR) is 55.8 cm³/mol. The van der Waals surface area contributed by atoms with E-state index in [1.54, 1.807) is 0 Å². The van der Waals surface area contributed by atoms with Gasteiger partial charge in [0, 0.05) is 17.9 Å². The van der Waals surface area contributed by atoms with Crippen LogP contribution in [-0.4, -0.2) is 17.6 Å². The first-order chi connectivity index (χ1) is 6.05. The molecular weight excluding hydrogens is 160 g/mol. The standard InChI is InChI=1S/C11H18N2/c1-9-8-13-6-5-10(9)7-11(2,3)12-4/h5-6,8,12H,7H2,1-4H3. The summed E-state index contributed by atoms with van der Waals surface area (Å²) in [5.41, 5.74) is 2.80. The van der Waals surface area contributed by atoms with Crippen molar-refractivity contribution in [3.63, 3.8) is 0 Å². The summed E-state index contributed by atoms with van der Waals surface area (Å²) < 4.78 is 0. The van der Waals surface area contributed by atoms with E-state index < -0.39 is 0 Å². The van der Waals surface area contributed by atoms with Gasteiger partial charge in [0.25, 0.3) is 0 Å². The molecule has 0 saturated heterocycles. The predicted octanol–water partition coefficient (Wildman–Crippen LogP) is 1.93. The van der Waals surface area contributed by atoms with Crippen LogP contribution in [0.1, 0.15) is 25.0 Å². The Hall–Kier alpha value is -0.890. The highest BCUT2D eigenvalue weighted by atomic mass is 14.9. The Morgan fingerprint density at radius 1 is 1.46 bits per heavy atom. The van der Waals surface area contributed by atoms with E-state index in [1.165, 1.54) is 11.1 Å². The quantitative estimate of drug-likeness (QED) is 0.765. The van der Waals surface area contributed by atoms with Crippen molar-refractivity contribution in [1.29, 1.82) is 0 Å². The molecule has 0 aliphatic rings. The Bertz CT molecular complexity index is 279. The van der Waals surface area contributed by atoms with Gasteiger partial charge >= 0.3 is 0 Å². The molecule has 0 radical (unpaired) electrons. The number of likely N-dealkylation sites (N-methyl/N-ethyl adjacent to an activating group) is 1. The van der Waals surface area contributed by atoms with Crippen LogP contribution in [-0.2, 0) is 6.42 Å². The number of hydrogen-bond acceptors (Lipinski definition) is 2. The summed E-state index contributed by atoms with van der Waals surface area (Å²) in [7, 11) is 2.00. The highest BCUT2D eigenvalue weighted by molar-refractivity contribution is 5.23. The van der Waals surface area contributed by atoms with Gasteiger partial charge in [-0.25, -0.2) is 0 Å². The third-order valence-electron chi connectivity index (χ3n) is 2.45. The van der Waals surface area contributed by atoms with E-state index in [1.807, 2.05) is 19.4 Å². The van der Waals surface area contributed by atoms with Gasteiger partial charge in [0.1, 0.15) is 0 Å². The Morgan fingerprint density at radius 2 is 2.15 bits per heavy atom. The Labute approximate surface area is 80.4 Å². The number of nitrogens with zero attached hydrogens (tertiary/aromatic N) is 1. The van der Waals surface area contributed by atoms with Crippen molar-refractivity contribution >= 4 is 0 Å². The Kier molecular flexibility index (Phi) is 3.04. The van der Waals surface area contributed by atoms with Crippen LogP contribution in [0.5, 0.6) is 0 Å². The van der Waals surface area contributed by atoms with E-state index >= 15 is 0 Å². The second-order valence-corrected chi connectivity index (χ2v) is 4.11. The lowest BCUT2D eigenvalue weighted by Crippen LogP contribution is -2.38. The van der Waals surface area contributed by atoms with Crippen LogP contribution in [0, 0.1) is 6.92 Å². The number of hydrogen-bond donors (Lipinski definition) is 1. The molecule has 0 unspecified atom stereocenters. The number of pyridine rings is 1. The fourth-order valence-corrected chi connectivity index (χ4v) is 1.27. The summed E-state index contributed by atoms with van der Waals surface area (Å²) in [6, 6.07) is 2.09. The molecule has 13 heavy (non-hydrogen) atoms. The number of aromatic nitrogens is 1. The first kappa shape index (κ1) is 10.2. The Morgan fingerprint density at radius 3 is 2.69 bits per heavy atom. The molecule has 1 aromatic rings. The van der Waals surface area contributed by atoms with E-state index in [9.17, 15) is 0 Å². The lowest BCUT2D eigenvalue weighted by atomic mass is 9.94. The van der Waals surface area contributed by atoms with Crippen LogP contribution in [0.25, 0.3) is 0 Å². The average Bonchev–Trinajstić information content (AvgIpc) is 2.09. The van der Waals surface area contributed by atoms with Gasteiger partial charge in [-0.1, -0.05) is 0 Å². The van der Waals surface area contributed by atoms with E-state index in [0.717, 1.165) is 6.42 Å². The summed E-state index contributed by atoms with van der Waals surface area (Å²) in [4.78, 5) is 4.08. The molecule has 72 valence electrons. The van der Waals surface area contributed by atoms with E-state index in [0.29, 0.717) is 0 Å². The van der Waals surface area contributed by atoms with Crippen molar-refractivity contribution in [2.75, 3.05) is 7.05 Å². The number of rotatable bonds is 3. The minimum absolute atomic E-state index is 0.159. The van der Waals surface area contributed by atoms with Gasteiger partial charge in [0.2, 0.25) is 0 Å². The SMILES string of the molecule is CNC(C)(C)Cc1ccncc1C. The van der Waals surface area contributed by atoms with Gasteiger partial charge in [0.05, 0.1) is 0 Å². The van der Waals surface area contributed by atoms with Crippen LogP contribution in [0.15, 0.2) is 18.5 Å². The maximum Gasteiger partial charge on any atom is 0.0299 e. The summed E-state index contributed by atoms with van der Waals surface area (Å²) in [6.07, 6.45) is 4.81. The monoisotopic (exact) mass is 178 g/mol. The van der Waals surface area contributed by atoms with Crippen LogP contribution >= 0.6 is 0 Å². The Balaban J connectivity index is 2.80. The van der Waals surface area contributed by atoms with E-state index in [2.05, 4.69) is 37.1 Å². The summed E-state index contributed by atoms with van der Waals surface area (Å²) in [6.45, 7) is 6.51. The second kappa shape index (κ2) is 3.88. The zero-order valence-corrected chi connectivity index (χ0v) is 8.89. The highest BCUT2D eigenvalue weighted by Gasteiger charge is 2.15. The maximum absolute atomic E-state index is 4.08. The van der Waals surface area contributed by atoms with Gasteiger partial charge in [0.15, 0.2) is 0 Å². The van der Waals surface area contributed by atoms with Crippen molar-refractivity contribution in [3.05, 3.63) is 29.6 Å². The van der Waals surface area contributed by atoms with Crippen LogP contribution < -0.4 is 5.32 Å². The minimum atomic E-state index is 0.159. The van der Waals surface area contributed by atoms with Gasteiger partial charge in [-0.3, -0.25) is 4.98 Å². The van der Waals surface area contributed by atoms with Gasteiger partial charge < -0.3 is 5.32 Å². The molecule has 1 aromatic heterocycles. The molecule has 0 amide bonds. The van der Waals surface area contributed by atoms with Crippen molar-refractivity contribution in [1.82, 2.24) is 10.3 Å². The topological polar surface area (TPSA) is 24.9 Å². The molecule has 0 spiro atoms. The van der Waals surface area contributed by atoms with Crippen LogP contribution in [0.2, 0.25) is 0 Å². The largest absolute Gasteiger partial charge is 0.314 e. The van der Waals surface area contributed by atoms with Crippen molar-refractivity contribution < 1.29 is 0 Å². The smallest absolute Gasteiger partial charge is 0.0299 e. The zero-order valence-electron chi connectivity index (χ0n) is 8.89. The van der Waals surface area contributed by atoms with Gasteiger partial charge in [-0.05, 0) is 51.4 Å². The van der Waals surface area contributed by atoms with Gasteiger partial charge in [-0.2, -0.15) is 0 Å². The molecule has 2 heteroatoms. The fourth-order valence-electron chi connectivity index (χ4n) is 1.27. The number of aryl methyl sites for hydroxylation is 1. The van der Waals surface area contributed by atoms with Crippen LogP contribution in [0.3, 0.4) is 0 Å². The molecule has 0 atom stereocenters. The molecule has 1 heterocycles. The van der Waals surface area contributed by atoms with E-state index in [4.69, 9.17) is 0 Å². The maximum atomic E-state index is 4.08. The van der Waals surface area contributed by atoms with Crippen LogP contribution in [0.4, 0.5) is 0 Å². The average molecular weight is 178 g/mol. The third kappa shape index (κ3) is 2.81. The molecule has 0 fully saturated rings. The molecule has 1 rings (SSSR count). The lowest BCUT2D eigenvalue weighted by molar-refractivity contribution is 0.421. The lowest BCUT2D eigenvalue weighted by Gasteiger charge is -2.24. The minimum Gasteiger partial charge on any atom is -0.314 e. The van der Waals surface area contributed by atoms with Gasteiger partial charge in [-0.15, -0.1) is 0 Å². The number of nitrogens with one attached hydrogen (secondary N) is 1. The first-order valence-corrected chi connectivity index (χ1v) is 4.63. The second-order valence-electron chi connectivity index (χ2n) is 4.11. The van der Waals surface area contributed by atoms with Crippen molar-refractivity contribution in [2.45, 2.75) is 32.7 Å². The summed E-state index contributed by atoms with van der Waals surface area (Å²) >= 11 is 0. The molecule has 1 N–H and O–H groups in total. The van der Waals surface area contributed by atoms with E-state index in [-0.39, 0.29) is 5.54 Å². The molecule has 0 aliphatic carbocycles. The zero-order chi connectivity index (χ0) is 9.90. The molecule has 0 aliphatic heterocycles.